The van der Waals surface area contributed by atoms with Crippen LogP contribution in [0.3, 0.4) is 0 Å². The maximum absolute atomic E-state index is 4.41. The SMILES string of the molecule is CSSCC1CSC1(S)S. The first kappa shape index (κ1) is 9.84. The van der Waals surface area contributed by atoms with Crippen molar-refractivity contribution < 1.29 is 0 Å². The van der Waals surface area contributed by atoms with Crippen molar-refractivity contribution in [1.82, 2.24) is 0 Å². The fraction of sp³-hybridized carbons (Fsp3) is 1.00. The van der Waals surface area contributed by atoms with E-state index in [-0.39, 0.29) is 3.41 Å². The molecule has 0 amide bonds. The van der Waals surface area contributed by atoms with E-state index in [1.165, 1.54) is 11.5 Å². The van der Waals surface area contributed by atoms with E-state index in [1.54, 1.807) is 0 Å². The Morgan fingerprint density at radius 2 is 2.40 bits per heavy atom. The molecule has 1 saturated heterocycles. The number of hydrogen-bond donors (Lipinski definition) is 2. The molecule has 0 aliphatic carbocycles. The van der Waals surface area contributed by atoms with Crippen molar-refractivity contribution in [3.05, 3.63) is 0 Å². The van der Waals surface area contributed by atoms with Crippen LogP contribution in [-0.2, 0) is 0 Å². The van der Waals surface area contributed by atoms with Gasteiger partial charge in [0.1, 0.15) is 3.41 Å². The van der Waals surface area contributed by atoms with Crippen molar-refractivity contribution in [2.45, 2.75) is 3.41 Å². The van der Waals surface area contributed by atoms with Crippen LogP contribution in [0.5, 0.6) is 0 Å². The van der Waals surface area contributed by atoms with Crippen LogP contribution in [0.1, 0.15) is 0 Å². The van der Waals surface area contributed by atoms with Crippen molar-refractivity contribution in [1.29, 1.82) is 0 Å². The number of hydrogen-bond acceptors (Lipinski definition) is 5. The molecule has 0 aromatic heterocycles. The van der Waals surface area contributed by atoms with Gasteiger partial charge in [0.05, 0.1) is 0 Å². The highest BCUT2D eigenvalue weighted by atomic mass is 33.1. The summed E-state index contributed by atoms with van der Waals surface area (Å²) in [5.74, 6) is 3.09. The molecule has 0 nitrogen and oxygen atoms in total. The summed E-state index contributed by atoms with van der Waals surface area (Å²) in [6.07, 6.45) is 2.11. The molecule has 0 spiro atoms. The van der Waals surface area contributed by atoms with Crippen LogP contribution in [0, 0.1) is 5.92 Å². The van der Waals surface area contributed by atoms with Crippen molar-refractivity contribution >= 4 is 58.6 Å². The van der Waals surface area contributed by atoms with Gasteiger partial charge in [0, 0.05) is 17.4 Å². The Hall–Kier alpha value is 1.75. The van der Waals surface area contributed by atoms with Crippen molar-refractivity contribution in [2.24, 2.45) is 5.92 Å². The first-order valence-corrected chi connectivity index (χ1v) is 7.52. The van der Waals surface area contributed by atoms with Crippen LogP contribution in [0.25, 0.3) is 0 Å². The van der Waals surface area contributed by atoms with E-state index in [0.717, 1.165) is 0 Å². The number of thioether (sulfide) groups is 1. The summed E-state index contributed by atoms with van der Waals surface area (Å²) in [5.41, 5.74) is 0. The second-order valence-electron chi connectivity index (χ2n) is 2.12. The van der Waals surface area contributed by atoms with E-state index in [1.807, 2.05) is 33.3 Å². The normalized spacial score (nSPS) is 29.7. The van der Waals surface area contributed by atoms with Gasteiger partial charge in [-0.05, 0) is 6.26 Å². The lowest BCUT2D eigenvalue weighted by atomic mass is 10.2. The maximum Gasteiger partial charge on any atom is 0.105 e. The predicted octanol–water partition coefficient (Wildman–Crippen LogP) is 2.87. The molecule has 0 radical (unpaired) electrons. The molecular formula is C5H10S5. The zero-order valence-corrected chi connectivity index (χ0v) is 9.85. The van der Waals surface area contributed by atoms with E-state index >= 15 is 0 Å². The van der Waals surface area contributed by atoms with Crippen LogP contribution >= 0.6 is 58.6 Å². The molecule has 10 heavy (non-hydrogen) atoms. The van der Waals surface area contributed by atoms with Gasteiger partial charge in [-0.3, -0.25) is 0 Å². The highest BCUT2D eigenvalue weighted by Gasteiger charge is 2.41. The van der Waals surface area contributed by atoms with Crippen LogP contribution in [0.15, 0.2) is 0 Å². The first-order valence-electron chi connectivity index (χ1n) is 2.91. The fourth-order valence-corrected chi connectivity index (χ4v) is 4.71. The van der Waals surface area contributed by atoms with E-state index in [2.05, 4.69) is 31.5 Å². The van der Waals surface area contributed by atoms with Gasteiger partial charge < -0.3 is 0 Å². The third-order valence-electron chi connectivity index (χ3n) is 1.42. The Kier molecular flexibility index (Phi) is 4.05. The Labute approximate surface area is 85.3 Å². The molecule has 0 bridgehead atoms. The summed E-state index contributed by atoms with van der Waals surface area (Å²) < 4.78 is -0.0390. The smallest absolute Gasteiger partial charge is 0.105 e. The van der Waals surface area contributed by atoms with Gasteiger partial charge in [0.25, 0.3) is 0 Å². The van der Waals surface area contributed by atoms with E-state index in [9.17, 15) is 0 Å². The summed E-state index contributed by atoms with van der Waals surface area (Å²) >= 11 is 10.7. The van der Waals surface area contributed by atoms with Gasteiger partial charge in [0.15, 0.2) is 0 Å². The van der Waals surface area contributed by atoms with Crippen LogP contribution < -0.4 is 0 Å². The van der Waals surface area contributed by atoms with Gasteiger partial charge >= 0.3 is 0 Å². The predicted molar refractivity (Wildman–Crippen MR) is 62.6 cm³/mol. The van der Waals surface area contributed by atoms with Crippen LogP contribution in [0.2, 0.25) is 0 Å². The second kappa shape index (κ2) is 4.12. The average Bonchev–Trinajstić information content (AvgIpc) is 1.87. The molecule has 1 fully saturated rings. The third kappa shape index (κ3) is 2.37. The lowest BCUT2D eigenvalue weighted by Gasteiger charge is -2.41. The van der Waals surface area contributed by atoms with Gasteiger partial charge in [-0.1, -0.05) is 21.6 Å². The summed E-state index contributed by atoms with van der Waals surface area (Å²) in [6, 6.07) is 0. The second-order valence-corrected chi connectivity index (χ2v) is 8.36. The zero-order valence-electron chi connectivity index (χ0n) is 5.61. The highest BCUT2D eigenvalue weighted by Crippen LogP contribution is 2.53. The largest absolute Gasteiger partial charge is 0.151 e. The zero-order chi connectivity index (χ0) is 7.61. The monoisotopic (exact) mass is 230 g/mol. The molecule has 1 aliphatic heterocycles. The molecule has 0 N–H and O–H groups in total. The van der Waals surface area contributed by atoms with Gasteiger partial charge in [-0.2, -0.15) is 25.3 Å². The Morgan fingerprint density at radius 1 is 1.70 bits per heavy atom. The van der Waals surface area contributed by atoms with E-state index in [4.69, 9.17) is 0 Å². The quantitative estimate of drug-likeness (QED) is 0.435. The summed E-state index contributed by atoms with van der Waals surface area (Å²) in [6.45, 7) is 0. The van der Waals surface area contributed by atoms with E-state index in [0.29, 0.717) is 5.92 Å². The molecule has 1 aliphatic rings. The molecule has 0 aromatic rings. The Morgan fingerprint density at radius 3 is 2.70 bits per heavy atom. The van der Waals surface area contributed by atoms with Gasteiger partial charge in [0.2, 0.25) is 0 Å². The molecule has 5 heteroatoms. The van der Waals surface area contributed by atoms with Crippen LogP contribution in [-0.4, -0.2) is 21.2 Å². The first-order chi connectivity index (χ1) is 4.67. The third-order valence-corrected chi connectivity index (χ3v) is 6.14. The maximum atomic E-state index is 4.41. The molecule has 0 saturated carbocycles. The molecule has 60 valence electrons. The van der Waals surface area contributed by atoms with Crippen molar-refractivity contribution in [3.63, 3.8) is 0 Å². The topological polar surface area (TPSA) is 0 Å². The Balaban J connectivity index is 2.17. The summed E-state index contributed by atoms with van der Waals surface area (Å²) in [7, 11) is 3.72. The minimum Gasteiger partial charge on any atom is -0.151 e. The Bertz CT molecular complexity index is 113. The van der Waals surface area contributed by atoms with E-state index < -0.39 is 0 Å². The highest BCUT2D eigenvalue weighted by molar-refractivity contribution is 8.76. The van der Waals surface area contributed by atoms with Crippen molar-refractivity contribution in [3.8, 4) is 0 Å². The fourth-order valence-electron chi connectivity index (χ4n) is 0.657. The molecule has 1 atom stereocenters. The minimum absolute atomic E-state index is 0.0390. The lowest BCUT2D eigenvalue weighted by Crippen LogP contribution is -2.37. The molecule has 1 rings (SSSR count). The lowest BCUT2D eigenvalue weighted by molar-refractivity contribution is 0.679. The molecular weight excluding hydrogens is 220 g/mol. The summed E-state index contributed by atoms with van der Waals surface area (Å²) in [5, 5.41) is 0. The van der Waals surface area contributed by atoms with Gasteiger partial charge in [-0.15, -0.1) is 11.8 Å². The minimum atomic E-state index is -0.0390. The molecule has 0 aromatic carbocycles. The summed E-state index contributed by atoms with van der Waals surface area (Å²) in [4.78, 5) is 0. The van der Waals surface area contributed by atoms with Crippen molar-refractivity contribution in [2.75, 3.05) is 17.8 Å². The number of rotatable bonds is 3. The molecule has 1 unspecified atom stereocenters. The molecule has 1 heterocycles. The number of thiol groups is 2. The standard InChI is InChI=1S/C5H10S5/c1-8-10-3-4-2-9-5(4,6)7/h4,6-7H,2-3H2,1H3. The average molecular weight is 230 g/mol. The van der Waals surface area contributed by atoms with Gasteiger partial charge in [-0.25, -0.2) is 0 Å². The van der Waals surface area contributed by atoms with Crippen LogP contribution in [0.4, 0.5) is 0 Å².